The van der Waals surface area contributed by atoms with Crippen molar-refractivity contribution in [1.82, 2.24) is 24.6 Å². The molecule has 0 aliphatic rings. The highest BCUT2D eigenvalue weighted by Gasteiger charge is 2.23. The SMILES string of the molecule is Cc1cc(-c2c(-c3ccccc3)ncn2C[C@@H](c2ccc(C)o2)N(C)C)n[nH]1. The maximum absolute atomic E-state index is 5.92. The molecule has 0 saturated heterocycles. The minimum absolute atomic E-state index is 0.0883. The van der Waals surface area contributed by atoms with Crippen LogP contribution in [0.5, 0.6) is 0 Å². The van der Waals surface area contributed by atoms with Gasteiger partial charge in [-0.2, -0.15) is 5.10 Å². The third kappa shape index (κ3) is 3.51. The van der Waals surface area contributed by atoms with Gasteiger partial charge in [0, 0.05) is 17.8 Å². The van der Waals surface area contributed by atoms with E-state index in [0.717, 1.165) is 39.9 Å². The van der Waals surface area contributed by atoms with Crippen molar-refractivity contribution < 1.29 is 4.42 Å². The Kier molecular flexibility index (Phi) is 4.88. The van der Waals surface area contributed by atoms with Gasteiger partial charge in [0.1, 0.15) is 17.2 Å². The number of rotatable bonds is 6. The molecule has 1 N–H and O–H groups in total. The Morgan fingerprint density at radius 1 is 1.11 bits per heavy atom. The molecule has 0 aliphatic heterocycles. The predicted octanol–water partition coefficient (Wildman–Crippen LogP) is 4.45. The second-order valence-electron chi connectivity index (χ2n) is 7.32. The van der Waals surface area contributed by atoms with E-state index in [-0.39, 0.29) is 6.04 Å². The number of nitrogens with zero attached hydrogens (tertiary/aromatic N) is 4. The van der Waals surface area contributed by atoms with Gasteiger partial charge in [-0.3, -0.25) is 10.00 Å². The molecule has 4 rings (SSSR count). The van der Waals surface area contributed by atoms with Crippen LogP contribution in [0.4, 0.5) is 0 Å². The summed E-state index contributed by atoms with van der Waals surface area (Å²) in [6.07, 6.45) is 1.90. The van der Waals surface area contributed by atoms with Gasteiger partial charge in [-0.05, 0) is 46.1 Å². The Balaban J connectivity index is 1.79. The Morgan fingerprint density at radius 2 is 1.89 bits per heavy atom. The smallest absolute Gasteiger partial charge is 0.123 e. The molecule has 4 aromatic rings. The average molecular weight is 375 g/mol. The van der Waals surface area contributed by atoms with Gasteiger partial charge in [0.2, 0.25) is 0 Å². The van der Waals surface area contributed by atoms with Crippen molar-refractivity contribution in [2.24, 2.45) is 0 Å². The van der Waals surface area contributed by atoms with E-state index in [1.807, 2.05) is 50.5 Å². The summed E-state index contributed by atoms with van der Waals surface area (Å²) in [5.41, 5.74) is 4.92. The fourth-order valence-electron chi connectivity index (χ4n) is 3.46. The Labute approximate surface area is 164 Å². The quantitative estimate of drug-likeness (QED) is 0.541. The maximum atomic E-state index is 5.92. The summed E-state index contributed by atoms with van der Waals surface area (Å²) in [5.74, 6) is 1.86. The maximum Gasteiger partial charge on any atom is 0.123 e. The van der Waals surface area contributed by atoms with Gasteiger partial charge in [0.05, 0.1) is 23.8 Å². The standard InChI is InChI=1S/C22H25N5O/c1-15-12-18(25-24-15)22-21(17-8-6-5-7-9-17)23-14-27(22)13-19(26(3)4)20-11-10-16(2)28-20/h5-12,14,19H,13H2,1-4H3,(H,24,25)/t19-/m0/s1. The molecule has 3 aromatic heterocycles. The molecule has 0 bridgehead atoms. The molecule has 0 radical (unpaired) electrons. The normalized spacial score (nSPS) is 12.6. The van der Waals surface area contributed by atoms with Crippen LogP contribution in [0, 0.1) is 13.8 Å². The van der Waals surface area contributed by atoms with Gasteiger partial charge in [-0.25, -0.2) is 4.98 Å². The van der Waals surface area contributed by atoms with Crippen molar-refractivity contribution in [2.45, 2.75) is 26.4 Å². The highest BCUT2D eigenvalue weighted by atomic mass is 16.3. The second-order valence-corrected chi connectivity index (χ2v) is 7.32. The number of aryl methyl sites for hydroxylation is 2. The first kappa shape index (κ1) is 18.3. The molecule has 1 aromatic carbocycles. The van der Waals surface area contributed by atoms with Crippen molar-refractivity contribution in [1.29, 1.82) is 0 Å². The van der Waals surface area contributed by atoms with E-state index < -0.39 is 0 Å². The van der Waals surface area contributed by atoms with Crippen LogP contribution in [0.15, 0.2) is 59.3 Å². The molecule has 6 heteroatoms. The zero-order chi connectivity index (χ0) is 19.7. The summed E-state index contributed by atoms with van der Waals surface area (Å²) < 4.78 is 8.09. The number of hydrogen-bond donors (Lipinski definition) is 1. The number of H-pyrrole nitrogens is 1. The summed E-state index contributed by atoms with van der Waals surface area (Å²) >= 11 is 0. The Morgan fingerprint density at radius 3 is 2.50 bits per heavy atom. The number of benzene rings is 1. The number of hydrogen-bond acceptors (Lipinski definition) is 4. The lowest BCUT2D eigenvalue weighted by Gasteiger charge is -2.23. The van der Waals surface area contributed by atoms with Crippen LogP contribution in [0.1, 0.15) is 23.3 Å². The fourth-order valence-corrected chi connectivity index (χ4v) is 3.46. The highest BCUT2D eigenvalue weighted by molar-refractivity contribution is 5.76. The van der Waals surface area contributed by atoms with Crippen molar-refractivity contribution in [3.05, 3.63) is 72.1 Å². The molecular weight excluding hydrogens is 350 g/mol. The number of aromatic amines is 1. The molecule has 1 atom stereocenters. The Hall–Kier alpha value is -3.12. The van der Waals surface area contributed by atoms with E-state index >= 15 is 0 Å². The first-order chi connectivity index (χ1) is 13.5. The van der Waals surface area contributed by atoms with E-state index in [1.54, 1.807) is 0 Å². The van der Waals surface area contributed by atoms with Crippen LogP contribution in [0.3, 0.4) is 0 Å². The minimum Gasteiger partial charge on any atom is -0.465 e. The van der Waals surface area contributed by atoms with Crippen LogP contribution < -0.4 is 0 Å². The lowest BCUT2D eigenvalue weighted by Crippen LogP contribution is -2.24. The van der Waals surface area contributed by atoms with Crippen LogP contribution in [0.25, 0.3) is 22.6 Å². The van der Waals surface area contributed by atoms with E-state index in [1.165, 1.54) is 0 Å². The topological polar surface area (TPSA) is 62.9 Å². The predicted molar refractivity (Wildman–Crippen MR) is 110 cm³/mol. The zero-order valence-corrected chi connectivity index (χ0v) is 16.7. The monoisotopic (exact) mass is 375 g/mol. The van der Waals surface area contributed by atoms with Crippen LogP contribution in [0.2, 0.25) is 0 Å². The molecule has 0 amide bonds. The molecule has 0 saturated carbocycles. The van der Waals surface area contributed by atoms with Crippen LogP contribution >= 0.6 is 0 Å². The molecule has 0 aliphatic carbocycles. The summed E-state index contributed by atoms with van der Waals surface area (Å²) in [4.78, 5) is 6.91. The van der Waals surface area contributed by atoms with E-state index in [9.17, 15) is 0 Å². The average Bonchev–Trinajstić information content (AvgIpc) is 3.39. The molecule has 6 nitrogen and oxygen atoms in total. The molecule has 0 unspecified atom stereocenters. The first-order valence-electron chi connectivity index (χ1n) is 9.38. The third-order valence-corrected chi connectivity index (χ3v) is 4.92. The third-order valence-electron chi connectivity index (χ3n) is 4.92. The number of aromatic nitrogens is 4. The fraction of sp³-hybridized carbons (Fsp3) is 0.273. The van der Waals surface area contributed by atoms with Gasteiger partial charge < -0.3 is 8.98 Å². The molecule has 0 spiro atoms. The van der Waals surface area contributed by atoms with E-state index in [4.69, 9.17) is 9.40 Å². The van der Waals surface area contributed by atoms with Crippen LogP contribution in [-0.4, -0.2) is 38.7 Å². The minimum atomic E-state index is 0.0883. The molecule has 28 heavy (non-hydrogen) atoms. The highest BCUT2D eigenvalue weighted by Crippen LogP contribution is 2.32. The van der Waals surface area contributed by atoms with Gasteiger partial charge in [-0.1, -0.05) is 30.3 Å². The Bertz CT molecular complexity index is 1060. The lowest BCUT2D eigenvalue weighted by atomic mass is 10.1. The molecule has 144 valence electrons. The number of imidazole rings is 1. The van der Waals surface area contributed by atoms with Gasteiger partial charge >= 0.3 is 0 Å². The molecular formula is C22H25N5O. The van der Waals surface area contributed by atoms with Crippen molar-refractivity contribution in [2.75, 3.05) is 14.1 Å². The van der Waals surface area contributed by atoms with Gasteiger partial charge in [0.25, 0.3) is 0 Å². The van der Waals surface area contributed by atoms with Crippen LogP contribution in [-0.2, 0) is 6.54 Å². The van der Waals surface area contributed by atoms with Gasteiger partial charge in [0.15, 0.2) is 0 Å². The summed E-state index contributed by atoms with van der Waals surface area (Å²) in [7, 11) is 4.13. The lowest BCUT2D eigenvalue weighted by molar-refractivity contribution is 0.231. The van der Waals surface area contributed by atoms with E-state index in [2.05, 4.69) is 52.0 Å². The molecule has 0 fully saturated rings. The van der Waals surface area contributed by atoms with E-state index in [0.29, 0.717) is 6.54 Å². The van der Waals surface area contributed by atoms with Gasteiger partial charge in [-0.15, -0.1) is 0 Å². The summed E-state index contributed by atoms with van der Waals surface area (Å²) in [6.45, 7) is 4.69. The van der Waals surface area contributed by atoms with Crippen molar-refractivity contribution >= 4 is 0 Å². The number of likely N-dealkylation sites (N-methyl/N-ethyl adjacent to an activating group) is 1. The van der Waals surface area contributed by atoms with Crippen molar-refractivity contribution in [3.63, 3.8) is 0 Å². The summed E-state index contributed by atoms with van der Waals surface area (Å²) in [5, 5.41) is 7.57. The summed E-state index contributed by atoms with van der Waals surface area (Å²) in [6, 6.07) is 16.4. The molecule has 3 heterocycles. The number of furan rings is 1. The number of nitrogens with one attached hydrogen (secondary N) is 1. The largest absolute Gasteiger partial charge is 0.465 e. The zero-order valence-electron chi connectivity index (χ0n) is 16.7. The second kappa shape index (κ2) is 7.48. The first-order valence-corrected chi connectivity index (χ1v) is 9.38. The van der Waals surface area contributed by atoms with Crippen molar-refractivity contribution in [3.8, 4) is 22.6 Å².